The summed E-state index contributed by atoms with van der Waals surface area (Å²) in [5.74, 6) is -0.691. The van der Waals surface area contributed by atoms with Gasteiger partial charge in [0.2, 0.25) is 0 Å². The lowest BCUT2D eigenvalue weighted by molar-refractivity contribution is -0.211. The van der Waals surface area contributed by atoms with Crippen molar-refractivity contribution in [1.82, 2.24) is 0 Å². The third-order valence-corrected chi connectivity index (χ3v) is 4.13. The lowest BCUT2D eigenvalue weighted by atomic mass is 10.1. The van der Waals surface area contributed by atoms with E-state index in [1.807, 2.05) is 0 Å². The highest BCUT2D eigenvalue weighted by Crippen LogP contribution is 2.41. The molecule has 3 aliphatic heterocycles. The molecule has 0 aliphatic carbocycles. The molecule has 0 N–H and O–H groups in total. The normalized spacial score (nSPS) is 52.9. The average molecular weight is 285 g/mol. The molecule has 3 fully saturated rings. The monoisotopic (exact) mass is 284 g/mol. The third-order valence-electron chi connectivity index (χ3n) is 2.90. The lowest BCUT2D eigenvalue weighted by Crippen LogP contribution is -2.38. The van der Waals surface area contributed by atoms with Gasteiger partial charge >= 0.3 is 11.4 Å². The Labute approximate surface area is 106 Å². The second kappa shape index (κ2) is 4.12. The minimum Gasteiger partial charge on any atom is -0.342 e. The first-order valence-corrected chi connectivity index (χ1v) is 6.77. The molecule has 3 heterocycles. The summed E-state index contributed by atoms with van der Waals surface area (Å²) < 4.78 is 37.7. The van der Waals surface area contributed by atoms with Gasteiger partial charge in [-0.15, -0.1) is 11.6 Å². The van der Waals surface area contributed by atoms with Gasteiger partial charge in [-0.25, -0.2) is 0 Å². The van der Waals surface area contributed by atoms with E-state index >= 15 is 0 Å². The highest BCUT2D eigenvalue weighted by Gasteiger charge is 2.57. The molecule has 0 amide bonds. The van der Waals surface area contributed by atoms with Gasteiger partial charge in [-0.3, -0.25) is 8.37 Å². The highest BCUT2D eigenvalue weighted by molar-refractivity contribution is 7.75. The largest absolute Gasteiger partial charge is 0.342 e. The minimum absolute atomic E-state index is 0.198. The third kappa shape index (κ3) is 2.14. The standard InChI is InChI=1S/C9H13ClO6S/c1-9(2)14-7-5(10)6(13-8(7)15-9)4-3-12-17(11)16-4/h4-8H,3H2,1-2H3/t4-,5-,6-,7+,8+,17+/m0/s1. The number of hydrogen-bond donors (Lipinski definition) is 0. The summed E-state index contributed by atoms with van der Waals surface area (Å²) >= 11 is 4.56. The molecule has 0 bridgehead atoms. The van der Waals surface area contributed by atoms with Gasteiger partial charge in [0, 0.05) is 0 Å². The zero-order valence-electron chi connectivity index (χ0n) is 9.33. The molecule has 0 aromatic carbocycles. The molecule has 6 atom stereocenters. The summed E-state index contributed by atoms with van der Waals surface area (Å²) in [6.07, 6.45) is -1.72. The maximum atomic E-state index is 11.0. The maximum Gasteiger partial charge on any atom is 0.305 e. The summed E-state index contributed by atoms with van der Waals surface area (Å²) in [7, 11) is 0. The van der Waals surface area contributed by atoms with Crippen LogP contribution in [0.25, 0.3) is 0 Å². The van der Waals surface area contributed by atoms with Gasteiger partial charge in [-0.2, -0.15) is 4.21 Å². The Kier molecular flexibility index (Phi) is 2.98. The van der Waals surface area contributed by atoms with E-state index in [0.29, 0.717) is 0 Å². The predicted octanol–water partition coefficient (Wildman–Crippen LogP) is 0.464. The van der Waals surface area contributed by atoms with Crippen LogP contribution in [0.3, 0.4) is 0 Å². The summed E-state index contributed by atoms with van der Waals surface area (Å²) in [4.78, 5) is 0. The Balaban J connectivity index is 1.70. The first kappa shape index (κ1) is 12.3. The van der Waals surface area contributed by atoms with Crippen molar-refractivity contribution in [3.63, 3.8) is 0 Å². The molecule has 8 heteroatoms. The summed E-state index contributed by atoms with van der Waals surface area (Å²) in [6, 6.07) is 0. The van der Waals surface area contributed by atoms with Crippen molar-refractivity contribution in [3.8, 4) is 0 Å². The molecule has 0 radical (unpaired) electrons. The molecule has 0 saturated carbocycles. The molecular weight excluding hydrogens is 272 g/mol. The van der Waals surface area contributed by atoms with Crippen molar-refractivity contribution >= 4 is 23.0 Å². The maximum absolute atomic E-state index is 11.0. The molecule has 3 rings (SSSR count). The predicted molar refractivity (Wildman–Crippen MR) is 57.3 cm³/mol. The summed E-state index contributed by atoms with van der Waals surface area (Å²) in [5.41, 5.74) is 0. The van der Waals surface area contributed by atoms with E-state index in [1.165, 1.54) is 0 Å². The number of rotatable bonds is 1. The van der Waals surface area contributed by atoms with Gasteiger partial charge in [0.1, 0.15) is 18.3 Å². The first-order chi connectivity index (χ1) is 7.96. The van der Waals surface area contributed by atoms with Gasteiger partial charge in [-0.05, 0) is 13.8 Å². The number of fused-ring (bicyclic) bond motifs is 1. The Morgan fingerprint density at radius 1 is 1.29 bits per heavy atom. The molecular formula is C9H13ClO6S. The average Bonchev–Trinajstić information content (AvgIpc) is 2.83. The van der Waals surface area contributed by atoms with Crippen molar-refractivity contribution < 1.29 is 26.8 Å². The Morgan fingerprint density at radius 2 is 2.06 bits per heavy atom. The minimum atomic E-state index is -1.71. The van der Waals surface area contributed by atoms with E-state index in [1.54, 1.807) is 13.8 Å². The number of ether oxygens (including phenoxy) is 3. The fourth-order valence-corrected chi connectivity index (χ4v) is 3.28. The molecule has 3 aliphatic rings. The van der Waals surface area contributed by atoms with Crippen molar-refractivity contribution in [2.24, 2.45) is 0 Å². The van der Waals surface area contributed by atoms with Crippen LogP contribution in [0, 0.1) is 0 Å². The van der Waals surface area contributed by atoms with E-state index in [-0.39, 0.29) is 12.7 Å². The summed E-state index contributed by atoms with van der Waals surface area (Å²) in [5, 5.41) is -0.412. The highest BCUT2D eigenvalue weighted by atomic mass is 35.5. The number of halogens is 1. The SMILES string of the molecule is CC1(C)O[C@H]2O[C@@H]([C@@H]3CO[S@@](=O)O3)[C@H](Cl)[C@H]2O1. The van der Waals surface area contributed by atoms with Crippen molar-refractivity contribution in [2.45, 2.75) is 49.6 Å². The van der Waals surface area contributed by atoms with Gasteiger partial charge in [0.25, 0.3) is 0 Å². The zero-order chi connectivity index (χ0) is 12.2. The Bertz CT molecular complexity index is 350. The topological polar surface area (TPSA) is 63.2 Å². The lowest BCUT2D eigenvalue weighted by Gasteiger charge is -2.24. The molecule has 0 spiro atoms. The van der Waals surface area contributed by atoms with Gasteiger partial charge < -0.3 is 14.2 Å². The fourth-order valence-electron chi connectivity index (χ4n) is 2.22. The molecule has 0 aromatic rings. The van der Waals surface area contributed by atoms with Gasteiger partial charge in [-0.1, -0.05) is 0 Å². The van der Waals surface area contributed by atoms with Crippen LogP contribution in [0.4, 0.5) is 0 Å². The van der Waals surface area contributed by atoms with Crippen molar-refractivity contribution in [2.75, 3.05) is 6.61 Å². The second-order valence-corrected chi connectivity index (χ2v) is 5.98. The Morgan fingerprint density at radius 3 is 2.65 bits per heavy atom. The van der Waals surface area contributed by atoms with E-state index in [4.69, 9.17) is 34.2 Å². The molecule has 6 nitrogen and oxygen atoms in total. The van der Waals surface area contributed by atoms with Gasteiger partial charge in [0.05, 0.1) is 12.0 Å². The van der Waals surface area contributed by atoms with Crippen molar-refractivity contribution in [1.29, 1.82) is 0 Å². The molecule has 98 valence electrons. The van der Waals surface area contributed by atoms with Crippen LogP contribution in [0.5, 0.6) is 0 Å². The van der Waals surface area contributed by atoms with E-state index < -0.39 is 41.0 Å². The molecule has 0 unspecified atom stereocenters. The Hall–Kier alpha value is 0.240. The van der Waals surface area contributed by atoms with Crippen molar-refractivity contribution in [3.05, 3.63) is 0 Å². The van der Waals surface area contributed by atoms with Crippen LogP contribution in [0.15, 0.2) is 0 Å². The van der Waals surface area contributed by atoms with Crippen LogP contribution in [-0.4, -0.2) is 46.6 Å². The number of hydrogen-bond acceptors (Lipinski definition) is 6. The zero-order valence-corrected chi connectivity index (χ0v) is 10.9. The summed E-state index contributed by atoms with van der Waals surface area (Å²) in [6.45, 7) is 3.80. The quantitative estimate of drug-likeness (QED) is 0.652. The fraction of sp³-hybridized carbons (Fsp3) is 1.00. The van der Waals surface area contributed by atoms with Crippen LogP contribution < -0.4 is 0 Å². The van der Waals surface area contributed by atoms with E-state index in [9.17, 15) is 4.21 Å². The number of alkyl halides is 1. The smallest absolute Gasteiger partial charge is 0.305 e. The molecule has 0 aromatic heterocycles. The molecule has 3 saturated heterocycles. The van der Waals surface area contributed by atoms with Gasteiger partial charge in [0.15, 0.2) is 12.1 Å². The van der Waals surface area contributed by atoms with E-state index in [2.05, 4.69) is 0 Å². The second-order valence-electron chi connectivity index (χ2n) is 4.64. The first-order valence-electron chi connectivity index (χ1n) is 5.34. The van der Waals surface area contributed by atoms with Crippen LogP contribution >= 0.6 is 11.6 Å². The van der Waals surface area contributed by atoms with Crippen LogP contribution in [-0.2, 0) is 33.9 Å². The molecule has 17 heavy (non-hydrogen) atoms. The van der Waals surface area contributed by atoms with Crippen LogP contribution in [0.1, 0.15) is 13.8 Å². The van der Waals surface area contributed by atoms with E-state index in [0.717, 1.165) is 0 Å². The van der Waals surface area contributed by atoms with Crippen LogP contribution in [0.2, 0.25) is 0 Å².